The number of ether oxygens (including phenoxy) is 1. The van der Waals surface area contributed by atoms with Crippen molar-refractivity contribution in [3.8, 4) is 12.3 Å². The van der Waals surface area contributed by atoms with Crippen LogP contribution in [0.5, 0.6) is 0 Å². The summed E-state index contributed by atoms with van der Waals surface area (Å²) in [5.41, 5.74) is -0.471. The molecule has 0 aromatic carbocycles. The monoisotopic (exact) mass is 237 g/mol. The average Bonchev–Trinajstić information content (AvgIpc) is 2.07. The fourth-order valence-corrected chi connectivity index (χ4v) is 1.68. The molecular weight excluding hydrogens is 218 g/mol. The van der Waals surface area contributed by atoms with E-state index in [0.29, 0.717) is 19.5 Å². The molecule has 0 N–H and O–H groups in total. The van der Waals surface area contributed by atoms with Gasteiger partial charge in [-0.3, -0.25) is 4.79 Å². The molecule has 0 radical (unpaired) electrons. The summed E-state index contributed by atoms with van der Waals surface area (Å²) in [6.07, 6.45) is 5.39. The minimum Gasteiger partial charge on any atom is -0.444 e. The quantitative estimate of drug-likeness (QED) is 0.704. The maximum atomic E-state index is 11.6. The Morgan fingerprint density at radius 1 is 1.41 bits per heavy atom. The van der Waals surface area contributed by atoms with Crippen molar-refractivity contribution in [2.75, 3.05) is 13.1 Å². The molecule has 0 atom stereocenters. The molecule has 0 aliphatic carbocycles. The predicted molar refractivity (Wildman–Crippen MR) is 64.4 cm³/mol. The molecule has 1 aliphatic heterocycles. The molecule has 1 rings (SSSR count). The lowest BCUT2D eigenvalue weighted by Crippen LogP contribution is -2.52. The van der Waals surface area contributed by atoms with Gasteiger partial charge >= 0.3 is 6.09 Å². The van der Waals surface area contributed by atoms with Crippen molar-refractivity contribution in [1.82, 2.24) is 4.90 Å². The zero-order valence-corrected chi connectivity index (χ0v) is 10.7. The van der Waals surface area contributed by atoms with Gasteiger partial charge in [0.25, 0.3) is 0 Å². The van der Waals surface area contributed by atoms with Crippen molar-refractivity contribution in [3.63, 3.8) is 0 Å². The smallest absolute Gasteiger partial charge is 0.410 e. The third kappa shape index (κ3) is 4.48. The number of carbonyl (C=O) groups excluding carboxylic acids is 2. The van der Waals surface area contributed by atoms with Crippen LogP contribution in [0.25, 0.3) is 0 Å². The third-order valence-corrected chi connectivity index (χ3v) is 2.42. The summed E-state index contributed by atoms with van der Waals surface area (Å²) in [4.78, 5) is 24.5. The average molecular weight is 237 g/mol. The Balaban J connectivity index is 2.26. The van der Waals surface area contributed by atoms with Gasteiger partial charge in [0.05, 0.1) is 6.42 Å². The number of terminal acetylenes is 1. The second-order valence-electron chi connectivity index (χ2n) is 5.38. The lowest BCUT2D eigenvalue weighted by Gasteiger charge is -2.39. The van der Waals surface area contributed by atoms with E-state index in [4.69, 9.17) is 11.2 Å². The highest BCUT2D eigenvalue weighted by Crippen LogP contribution is 2.22. The standard InChI is InChI=1S/C13H19NO3/c1-5-6-11(15)7-10-8-14(9-10)12(16)17-13(2,3)4/h1,10H,6-9H2,2-4H3. The molecule has 4 heteroatoms. The first-order valence-corrected chi connectivity index (χ1v) is 5.75. The van der Waals surface area contributed by atoms with E-state index in [1.807, 2.05) is 20.8 Å². The largest absolute Gasteiger partial charge is 0.444 e. The summed E-state index contributed by atoms with van der Waals surface area (Å²) in [6.45, 7) is 6.67. The van der Waals surface area contributed by atoms with Crippen LogP contribution in [0.4, 0.5) is 4.79 Å². The Kier molecular flexibility index (Phi) is 4.17. The first-order valence-electron chi connectivity index (χ1n) is 5.75. The highest BCUT2D eigenvalue weighted by molar-refractivity contribution is 5.81. The SMILES string of the molecule is C#CCC(=O)CC1CN(C(=O)OC(C)(C)C)C1. The molecule has 4 nitrogen and oxygen atoms in total. The number of Topliss-reactive ketones (excluding diaryl/α,β-unsaturated/α-hetero) is 1. The zero-order chi connectivity index (χ0) is 13.1. The molecule has 17 heavy (non-hydrogen) atoms. The summed E-state index contributed by atoms with van der Waals surface area (Å²) in [6, 6.07) is 0. The Morgan fingerprint density at radius 2 is 2.00 bits per heavy atom. The molecule has 0 saturated carbocycles. The van der Waals surface area contributed by atoms with E-state index < -0.39 is 5.60 Å². The molecule has 1 saturated heterocycles. The van der Waals surface area contributed by atoms with E-state index in [2.05, 4.69) is 5.92 Å². The van der Waals surface area contributed by atoms with Crippen LogP contribution in [0.15, 0.2) is 0 Å². The van der Waals surface area contributed by atoms with Gasteiger partial charge in [0.1, 0.15) is 11.4 Å². The van der Waals surface area contributed by atoms with Crippen LogP contribution in [0, 0.1) is 18.3 Å². The van der Waals surface area contributed by atoms with E-state index >= 15 is 0 Å². The number of nitrogens with zero attached hydrogens (tertiary/aromatic N) is 1. The Bertz CT molecular complexity index is 343. The summed E-state index contributed by atoms with van der Waals surface area (Å²) >= 11 is 0. The van der Waals surface area contributed by atoms with Gasteiger partial charge in [-0.05, 0) is 20.8 Å². The maximum absolute atomic E-state index is 11.6. The minimum atomic E-state index is -0.471. The van der Waals surface area contributed by atoms with E-state index in [1.165, 1.54) is 0 Å². The Labute approximate surface area is 102 Å². The van der Waals surface area contributed by atoms with Crippen LogP contribution in [-0.4, -0.2) is 35.5 Å². The van der Waals surface area contributed by atoms with Gasteiger partial charge in [-0.2, -0.15) is 0 Å². The first kappa shape index (κ1) is 13.6. The van der Waals surface area contributed by atoms with Gasteiger partial charge in [0.15, 0.2) is 0 Å². The summed E-state index contributed by atoms with van der Waals surface area (Å²) in [7, 11) is 0. The lowest BCUT2D eigenvalue weighted by atomic mass is 9.94. The lowest BCUT2D eigenvalue weighted by molar-refractivity contribution is -0.120. The summed E-state index contributed by atoms with van der Waals surface area (Å²) in [5, 5.41) is 0. The third-order valence-electron chi connectivity index (χ3n) is 2.42. The number of hydrogen-bond acceptors (Lipinski definition) is 3. The fourth-order valence-electron chi connectivity index (χ4n) is 1.68. The van der Waals surface area contributed by atoms with Gasteiger partial charge < -0.3 is 9.64 Å². The van der Waals surface area contributed by atoms with Gasteiger partial charge in [0.2, 0.25) is 0 Å². The van der Waals surface area contributed by atoms with E-state index in [0.717, 1.165) is 0 Å². The molecule has 1 amide bonds. The fraction of sp³-hybridized carbons (Fsp3) is 0.692. The highest BCUT2D eigenvalue weighted by Gasteiger charge is 2.34. The van der Waals surface area contributed by atoms with Crippen LogP contribution in [0.1, 0.15) is 33.6 Å². The first-order chi connectivity index (χ1) is 7.81. The molecular formula is C13H19NO3. The number of carbonyl (C=O) groups is 2. The number of likely N-dealkylation sites (tertiary alicyclic amines) is 1. The van der Waals surface area contributed by atoms with Crippen LogP contribution in [0.2, 0.25) is 0 Å². The molecule has 0 aromatic heterocycles. The van der Waals surface area contributed by atoms with Crippen molar-refractivity contribution >= 4 is 11.9 Å². The second kappa shape index (κ2) is 5.22. The van der Waals surface area contributed by atoms with Crippen LogP contribution < -0.4 is 0 Å². The molecule has 1 aliphatic rings. The van der Waals surface area contributed by atoms with Crippen LogP contribution >= 0.6 is 0 Å². The van der Waals surface area contributed by atoms with Crippen molar-refractivity contribution in [2.24, 2.45) is 5.92 Å². The number of ketones is 1. The second-order valence-corrected chi connectivity index (χ2v) is 5.38. The van der Waals surface area contributed by atoms with Crippen LogP contribution in [0.3, 0.4) is 0 Å². The van der Waals surface area contributed by atoms with Crippen LogP contribution in [-0.2, 0) is 9.53 Å². The van der Waals surface area contributed by atoms with Crippen molar-refractivity contribution in [1.29, 1.82) is 0 Å². The minimum absolute atomic E-state index is 0.0707. The number of hydrogen-bond donors (Lipinski definition) is 0. The van der Waals surface area contributed by atoms with Crippen molar-refractivity contribution in [2.45, 2.75) is 39.2 Å². The summed E-state index contributed by atoms with van der Waals surface area (Å²) in [5.74, 6) is 2.64. The summed E-state index contributed by atoms with van der Waals surface area (Å²) < 4.78 is 5.21. The molecule has 94 valence electrons. The van der Waals surface area contributed by atoms with E-state index in [1.54, 1.807) is 4.90 Å². The van der Waals surface area contributed by atoms with Gasteiger partial charge in [-0.1, -0.05) is 5.92 Å². The van der Waals surface area contributed by atoms with Gasteiger partial charge in [0, 0.05) is 25.4 Å². The Hall–Kier alpha value is -1.50. The van der Waals surface area contributed by atoms with Gasteiger partial charge in [-0.15, -0.1) is 6.42 Å². The molecule has 0 bridgehead atoms. The van der Waals surface area contributed by atoms with Gasteiger partial charge in [-0.25, -0.2) is 4.79 Å². The van der Waals surface area contributed by atoms with E-state index in [-0.39, 0.29) is 24.2 Å². The molecule has 1 heterocycles. The predicted octanol–water partition coefficient (Wildman–Crippen LogP) is 1.84. The maximum Gasteiger partial charge on any atom is 0.410 e. The number of amides is 1. The molecule has 0 aromatic rings. The molecule has 0 unspecified atom stereocenters. The zero-order valence-electron chi connectivity index (χ0n) is 10.7. The normalized spacial score (nSPS) is 16.0. The molecule has 0 spiro atoms. The highest BCUT2D eigenvalue weighted by atomic mass is 16.6. The Morgan fingerprint density at radius 3 is 2.47 bits per heavy atom. The molecule has 1 fully saturated rings. The van der Waals surface area contributed by atoms with Crippen molar-refractivity contribution < 1.29 is 14.3 Å². The number of rotatable bonds is 3. The van der Waals surface area contributed by atoms with Crippen molar-refractivity contribution in [3.05, 3.63) is 0 Å². The van der Waals surface area contributed by atoms with E-state index in [9.17, 15) is 9.59 Å². The topological polar surface area (TPSA) is 46.6 Å².